The van der Waals surface area contributed by atoms with E-state index in [9.17, 15) is 14.7 Å². The molecule has 3 aromatic carbocycles. The largest absolute Gasteiger partial charge is 0.392 e. The molecule has 2 aliphatic heterocycles. The van der Waals surface area contributed by atoms with Crippen molar-refractivity contribution < 1.29 is 24.2 Å². The molecule has 6 rings (SSSR count). The molecule has 3 atom stereocenters. The molecule has 2 amide bonds. The van der Waals surface area contributed by atoms with Gasteiger partial charge in [0, 0.05) is 37.2 Å². The van der Waals surface area contributed by atoms with Gasteiger partial charge in [0.15, 0.2) is 11.4 Å². The number of nitrogens with zero attached hydrogens (tertiary/aromatic N) is 3. The first-order chi connectivity index (χ1) is 19.0. The number of amides is 2. The Morgan fingerprint density at radius 3 is 2.21 bits per heavy atom. The van der Waals surface area contributed by atoms with Crippen LogP contribution in [-0.4, -0.2) is 38.3 Å². The highest BCUT2D eigenvalue weighted by Crippen LogP contribution is 2.40. The van der Waals surface area contributed by atoms with Gasteiger partial charge in [0.25, 0.3) is 11.8 Å². The number of rotatable bonds is 7. The first-order valence-corrected chi connectivity index (χ1v) is 13.7. The molecule has 0 radical (unpaired) electrons. The molecule has 0 saturated carbocycles. The average molecular weight is 542 g/mol. The monoisotopic (exact) mass is 541 g/mol. The van der Waals surface area contributed by atoms with Crippen LogP contribution in [0.15, 0.2) is 90.3 Å². The van der Waals surface area contributed by atoms with Gasteiger partial charge in [-0.3, -0.25) is 9.59 Å². The van der Waals surface area contributed by atoms with Crippen molar-refractivity contribution in [3.63, 3.8) is 0 Å². The Kier molecular flexibility index (Phi) is 7.05. The Labute approximate surface area is 230 Å². The van der Waals surface area contributed by atoms with Gasteiger partial charge in [-0.1, -0.05) is 60.3 Å². The Balaban J connectivity index is 1.23. The Morgan fingerprint density at radius 2 is 1.59 bits per heavy atom. The van der Waals surface area contributed by atoms with Gasteiger partial charge in [-0.25, -0.2) is 9.88 Å². The standard InChI is InChI=1S/C30H27N3O5S/c1-32-15-14-31-30(32)39-18-23-16-26(20-8-6-19(17-34)7-9-20)38-29(37-23)21-10-12-22(13-11-21)33-27(35)24-4-2-3-5-25(24)28(33)36/h2-15,23,26,29,34H,16-18H2,1H3/t23-,26+,29+/m0/s1. The normalized spacial score (nSPS) is 20.9. The molecular weight excluding hydrogens is 514 g/mol. The van der Waals surface area contributed by atoms with Crippen molar-refractivity contribution in [2.45, 2.75) is 36.7 Å². The van der Waals surface area contributed by atoms with Crippen LogP contribution in [0.1, 0.15) is 56.2 Å². The number of carbonyl (C=O) groups is 2. The lowest BCUT2D eigenvalue weighted by molar-refractivity contribution is -0.245. The fraction of sp³-hybridized carbons (Fsp3) is 0.233. The molecule has 39 heavy (non-hydrogen) atoms. The molecule has 1 saturated heterocycles. The van der Waals surface area contributed by atoms with Crippen molar-refractivity contribution in [1.82, 2.24) is 9.55 Å². The minimum atomic E-state index is -0.635. The number of carbonyl (C=O) groups excluding carboxylic acids is 2. The van der Waals surface area contributed by atoms with E-state index in [0.29, 0.717) is 29.0 Å². The lowest BCUT2D eigenvalue weighted by Gasteiger charge is -2.36. The van der Waals surface area contributed by atoms with E-state index in [4.69, 9.17) is 9.47 Å². The summed E-state index contributed by atoms with van der Waals surface area (Å²) in [5.41, 5.74) is 3.96. The molecular formula is C30H27N3O5S. The predicted molar refractivity (Wildman–Crippen MR) is 146 cm³/mol. The van der Waals surface area contributed by atoms with Gasteiger partial charge in [-0.05, 0) is 35.4 Å². The number of benzene rings is 3. The van der Waals surface area contributed by atoms with Crippen LogP contribution < -0.4 is 4.90 Å². The van der Waals surface area contributed by atoms with Crippen molar-refractivity contribution in [3.05, 3.63) is 113 Å². The number of aliphatic hydroxyl groups is 1. The van der Waals surface area contributed by atoms with E-state index in [0.717, 1.165) is 21.8 Å². The maximum Gasteiger partial charge on any atom is 0.266 e. The maximum absolute atomic E-state index is 12.9. The van der Waals surface area contributed by atoms with Crippen LogP contribution in [0, 0.1) is 0 Å². The fourth-order valence-electron chi connectivity index (χ4n) is 4.89. The minimum Gasteiger partial charge on any atom is -0.392 e. The van der Waals surface area contributed by atoms with Crippen LogP contribution in [0.25, 0.3) is 0 Å². The van der Waals surface area contributed by atoms with E-state index in [1.54, 1.807) is 54.4 Å². The summed E-state index contributed by atoms with van der Waals surface area (Å²) >= 11 is 1.63. The van der Waals surface area contributed by atoms with Crippen LogP contribution >= 0.6 is 11.8 Å². The van der Waals surface area contributed by atoms with E-state index >= 15 is 0 Å². The number of fused-ring (bicyclic) bond motifs is 1. The lowest BCUT2D eigenvalue weighted by Crippen LogP contribution is -2.31. The van der Waals surface area contributed by atoms with Gasteiger partial charge >= 0.3 is 0 Å². The zero-order valence-electron chi connectivity index (χ0n) is 21.3. The van der Waals surface area contributed by atoms with E-state index in [2.05, 4.69) is 4.98 Å². The number of hydrogen-bond acceptors (Lipinski definition) is 7. The SMILES string of the molecule is Cn1ccnc1SC[C@@H]1C[C@H](c2ccc(CO)cc2)O[C@H](c2ccc(N3C(=O)c4ccccc4C3=O)cc2)O1. The first kappa shape index (κ1) is 25.5. The van der Waals surface area contributed by atoms with Crippen molar-refractivity contribution in [1.29, 1.82) is 0 Å². The van der Waals surface area contributed by atoms with Crippen molar-refractivity contribution in [2.24, 2.45) is 7.05 Å². The summed E-state index contributed by atoms with van der Waals surface area (Å²) in [6.07, 6.45) is 3.40. The summed E-state index contributed by atoms with van der Waals surface area (Å²) < 4.78 is 14.8. The van der Waals surface area contributed by atoms with Crippen molar-refractivity contribution in [3.8, 4) is 0 Å². The molecule has 1 fully saturated rings. The molecule has 0 spiro atoms. The Bertz CT molecular complexity index is 1470. The Hall–Kier alpha value is -3.76. The summed E-state index contributed by atoms with van der Waals surface area (Å²) in [6.45, 7) is -0.0140. The molecule has 198 valence electrons. The zero-order chi connectivity index (χ0) is 26.9. The highest BCUT2D eigenvalue weighted by atomic mass is 32.2. The number of hydrogen-bond donors (Lipinski definition) is 1. The molecule has 8 nitrogen and oxygen atoms in total. The summed E-state index contributed by atoms with van der Waals surface area (Å²) in [5, 5.41) is 10.3. The topological polar surface area (TPSA) is 93.9 Å². The summed E-state index contributed by atoms with van der Waals surface area (Å²) in [5.74, 6) is 0.0424. The summed E-state index contributed by atoms with van der Waals surface area (Å²) in [6, 6.07) is 21.8. The predicted octanol–water partition coefficient (Wildman–Crippen LogP) is 5.05. The molecule has 1 N–H and O–H groups in total. The smallest absolute Gasteiger partial charge is 0.266 e. The second-order valence-corrected chi connectivity index (χ2v) is 10.6. The van der Waals surface area contributed by atoms with Gasteiger partial charge < -0.3 is 19.1 Å². The second-order valence-electron chi connectivity index (χ2n) is 9.56. The minimum absolute atomic E-state index is 0.0140. The van der Waals surface area contributed by atoms with Gasteiger partial charge in [0.05, 0.1) is 35.6 Å². The lowest BCUT2D eigenvalue weighted by atomic mass is 10.0. The molecule has 2 aliphatic rings. The number of ether oxygens (including phenoxy) is 2. The number of thioether (sulfide) groups is 1. The third-order valence-electron chi connectivity index (χ3n) is 7.01. The number of imidazole rings is 1. The molecule has 1 aromatic heterocycles. The highest BCUT2D eigenvalue weighted by molar-refractivity contribution is 7.99. The maximum atomic E-state index is 12.9. The van der Waals surface area contributed by atoms with Crippen molar-refractivity contribution >= 4 is 29.3 Å². The molecule has 4 aromatic rings. The molecule has 9 heteroatoms. The quantitative estimate of drug-likeness (QED) is 0.258. The van der Waals surface area contributed by atoms with Crippen LogP contribution in [-0.2, 0) is 23.1 Å². The van der Waals surface area contributed by atoms with E-state index < -0.39 is 6.29 Å². The first-order valence-electron chi connectivity index (χ1n) is 12.7. The molecule has 0 bridgehead atoms. The van der Waals surface area contributed by atoms with Gasteiger partial charge in [0.1, 0.15) is 0 Å². The average Bonchev–Trinajstić information content (AvgIpc) is 3.51. The molecule has 3 heterocycles. The van der Waals surface area contributed by atoms with Crippen molar-refractivity contribution in [2.75, 3.05) is 10.7 Å². The van der Waals surface area contributed by atoms with Gasteiger partial charge in [0.2, 0.25) is 0 Å². The van der Waals surface area contributed by atoms with E-state index in [1.165, 1.54) is 4.90 Å². The number of anilines is 1. The van der Waals surface area contributed by atoms with Crippen LogP contribution in [0.2, 0.25) is 0 Å². The van der Waals surface area contributed by atoms with Crippen LogP contribution in [0.3, 0.4) is 0 Å². The Morgan fingerprint density at radius 1 is 0.923 bits per heavy atom. The summed E-state index contributed by atoms with van der Waals surface area (Å²) in [7, 11) is 1.96. The third kappa shape index (κ3) is 5.02. The molecule has 0 unspecified atom stereocenters. The third-order valence-corrected chi connectivity index (χ3v) is 8.20. The summed E-state index contributed by atoms with van der Waals surface area (Å²) in [4.78, 5) is 31.4. The molecule has 0 aliphatic carbocycles. The van der Waals surface area contributed by atoms with E-state index in [-0.39, 0.29) is 30.6 Å². The number of aliphatic hydroxyl groups excluding tert-OH is 1. The number of aromatic nitrogens is 2. The number of imide groups is 1. The zero-order valence-corrected chi connectivity index (χ0v) is 22.1. The van der Waals surface area contributed by atoms with Gasteiger partial charge in [-0.15, -0.1) is 0 Å². The van der Waals surface area contributed by atoms with Crippen LogP contribution in [0.4, 0.5) is 5.69 Å². The second kappa shape index (κ2) is 10.8. The highest BCUT2D eigenvalue weighted by Gasteiger charge is 2.37. The fourth-order valence-corrected chi connectivity index (χ4v) is 5.84. The van der Waals surface area contributed by atoms with Gasteiger partial charge in [-0.2, -0.15) is 0 Å². The van der Waals surface area contributed by atoms with Crippen LogP contribution in [0.5, 0.6) is 0 Å². The number of aryl methyl sites for hydroxylation is 1. The van der Waals surface area contributed by atoms with E-state index in [1.807, 2.05) is 54.2 Å².